The Hall–Kier alpha value is -2.41. The Labute approximate surface area is 160 Å². The average molecular weight is 392 g/mol. The second-order valence-electron chi connectivity index (χ2n) is 7.53. The summed E-state index contributed by atoms with van der Waals surface area (Å²) in [5.74, 6) is -5.09. The van der Waals surface area contributed by atoms with Crippen molar-refractivity contribution >= 4 is 5.91 Å². The van der Waals surface area contributed by atoms with Gasteiger partial charge in [0.1, 0.15) is 11.6 Å². The zero-order chi connectivity index (χ0) is 20.1. The van der Waals surface area contributed by atoms with Crippen molar-refractivity contribution in [1.82, 2.24) is 4.90 Å². The topological polar surface area (TPSA) is 46.3 Å². The number of nitrogens with two attached hydrogens (primary N) is 1. The molecule has 1 amide bonds. The summed E-state index contributed by atoms with van der Waals surface area (Å²) in [5, 5.41) is 0. The minimum Gasteiger partial charge on any atom is -0.340 e. The highest BCUT2D eigenvalue weighted by molar-refractivity contribution is 5.84. The maximum absolute atomic E-state index is 14.3. The highest BCUT2D eigenvalue weighted by atomic mass is 19.3. The van der Waals surface area contributed by atoms with Crippen LogP contribution in [0.25, 0.3) is 11.1 Å². The first-order chi connectivity index (χ1) is 13.3. The molecule has 1 aliphatic heterocycles. The third kappa shape index (κ3) is 3.28. The minimum atomic E-state index is -2.96. The lowest BCUT2D eigenvalue weighted by molar-refractivity contribution is -0.140. The van der Waals surface area contributed by atoms with Gasteiger partial charge in [-0.25, -0.2) is 17.6 Å². The Morgan fingerprint density at radius 2 is 1.75 bits per heavy atom. The fourth-order valence-electron chi connectivity index (χ4n) is 3.98. The van der Waals surface area contributed by atoms with Crippen LogP contribution >= 0.6 is 0 Å². The molecule has 1 saturated heterocycles. The van der Waals surface area contributed by atoms with Crippen molar-refractivity contribution in [3.8, 4) is 11.1 Å². The van der Waals surface area contributed by atoms with Gasteiger partial charge >= 0.3 is 0 Å². The van der Waals surface area contributed by atoms with Gasteiger partial charge in [0, 0.05) is 25.4 Å². The quantitative estimate of drug-likeness (QED) is 0.805. The molecule has 148 valence electrons. The van der Waals surface area contributed by atoms with Crippen molar-refractivity contribution in [2.45, 2.75) is 30.7 Å². The van der Waals surface area contributed by atoms with E-state index in [4.69, 9.17) is 5.73 Å². The van der Waals surface area contributed by atoms with E-state index >= 15 is 0 Å². The Balaban J connectivity index is 1.56. The summed E-state index contributed by atoms with van der Waals surface area (Å²) in [6, 6.07) is 9.16. The largest absolute Gasteiger partial charge is 0.340 e. The van der Waals surface area contributed by atoms with Crippen LogP contribution in [0.15, 0.2) is 42.5 Å². The number of alkyl halides is 2. The maximum atomic E-state index is 14.3. The molecule has 0 unspecified atom stereocenters. The van der Waals surface area contributed by atoms with Crippen LogP contribution in [0.4, 0.5) is 17.6 Å². The number of carbonyl (C=O) groups excluding carboxylic acids is 1. The van der Waals surface area contributed by atoms with E-state index in [1.54, 1.807) is 24.3 Å². The molecule has 2 aliphatic rings. The molecule has 2 aromatic rings. The molecule has 2 fully saturated rings. The average Bonchev–Trinajstić information content (AvgIpc) is 3.44. The predicted octanol–water partition coefficient (Wildman–Crippen LogP) is 3.93. The third-order valence-corrected chi connectivity index (χ3v) is 5.69. The van der Waals surface area contributed by atoms with E-state index in [9.17, 15) is 22.4 Å². The Morgan fingerprint density at radius 3 is 2.43 bits per heavy atom. The molecule has 1 aliphatic carbocycles. The summed E-state index contributed by atoms with van der Waals surface area (Å²) in [5.41, 5.74) is 6.51. The van der Waals surface area contributed by atoms with Crippen LogP contribution in [0, 0.1) is 17.6 Å². The van der Waals surface area contributed by atoms with E-state index in [0.717, 1.165) is 0 Å². The van der Waals surface area contributed by atoms with E-state index < -0.39 is 30.0 Å². The molecular weight excluding hydrogens is 372 g/mol. The highest BCUT2D eigenvalue weighted by Crippen LogP contribution is 2.52. The molecule has 0 bridgehead atoms. The van der Waals surface area contributed by atoms with E-state index in [1.165, 1.54) is 23.1 Å². The van der Waals surface area contributed by atoms with Crippen LogP contribution in [-0.2, 0) is 4.79 Å². The molecule has 2 aromatic carbocycles. The fraction of sp³-hybridized carbons (Fsp3) is 0.381. The molecule has 28 heavy (non-hydrogen) atoms. The van der Waals surface area contributed by atoms with Crippen molar-refractivity contribution in [2.75, 3.05) is 13.1 Å². The van der Waals surface area contributed by atoms with E-state index in [2.05, 4.69) is 0 Å². The molecule has 1 heterocycles. The number of likely N-dealkylation sites (tertiary alicyclic amines) is 1. The monoisotopic (exact) mass is 392 g/mol. The van der Waals surface area contributed by atoms with Crippen molar-refractivity contribution in [3.63, 3.8) is 0 Å². The summed E-state index contributed by atoms with van der Waals surface area (Å²) in [4.78, 5) is 14.1. The van der Waals surface area contributed by atoms with Gasteiger partial charge in [0.15, 0.2) is 0 Å². The van der Waals surface area contributed by atoms with Gasteiger partial charge in [0.05, 0.1) is 11.6 Å². The number of nitrogens with zero attached hydrogens (tertiary/aromatic N) is 1. The van der Waals surface area contributed by atoms with Crippen LogP contribution < -0.4 is 5.73 Å². The summed E-state index contributed by atoms with van der Waals surface area (Å²) in [7, 11) is 0. The first-order valence-corrected chi connectivity index (χ1v) is 9.25. The summed E-state index contributed by atoms with van der Waals surface area (Å²) in [6.45, 7) is -0.217. The molecule has 4 rings (SSSR count). The molecule has 3 nitrogen and oxygen atoms in total. The number of hydrogen-bond acceptors (Lipinski definition) is 2. The number of amides is 1. The Morgan fingerprint density at radius 1 is 1.07 bits per heavy atom. The smallest absolute Gasteiger partial charge is 0.266 e. The number of carbonyl (C=O) groups is 1. The van der Waals surface area contributed by atoms with Crippen molar-refractivity contribution in [3.05, 3.63) is 59.7 Å². The van der Waals surface area contributed by atoms with E-state index in [1.807, 2.05) is 0 Å². The van der Waals surface area contributed by atoms with E-state index in [-0.39, 0.29) is 36.4 Å². The summed E-state index contributed by atoms with van der Waals surface area (Å²) in [6.07, 6.45) is 0.0718. The fourth-order valence-corrected chi connectivity index (χ4v) is 3.98. The lowest BCUT2D eigenvalue weighted by Gasteiger charge is -2.36. The molecule has 0 spiro atoms. The molecule has 1 saturated carbocycles. The number of halogens is 4. The molecular formula is C21H20F4N2O. The predicted molar refractivity (Wildman–Crippen MR) is 96.8 cm³/mol. The summed E-state index contributed by atoms with van der Waals surface area (Å²) < 4.78 is 55.7. The van der Waals surface area contributed by atoms with Gasteiger partial charge in [0.25, 0.3) is 5.92 Å². The van der Waals surface area contributed by atoms with Crippen molar-refractivity contribution in [2.24, 2.45) is 11.7 Å². The van der Waals surface area contributed by atoms with Crippen LogP contribution in [0.3, 0.4) is 0 Å². The molecule has 0 radical (unpaired) electrons. The molecule has 0 aromatic heterocycles. The highest BCUT2D eigenvalue weighted by Gasteiger charge is 2.50. The Bertz CT molecular complexity index is 897. The Kier molecular flexibility index (Phi) is 4.65. The first-order valence-electron chi connectivity index (χ1n) is 9.25. The van der Waals surface area contributed by atoms with Gasteiger partial charge in [-0.05, 0) is 35.6 Å². The van der Waals surface area contributed by atoms with Crippen LogP contribution in [0.5, 0.6) is 0 Å². The zero-order valence-corrected chi connectivity index (χ0v) is 15.0. The van der Waals surface area contributed by atoms with Crippen LogP contribution in [-0.4, -0.2) is 35.9 Å². The van der Waals surface area contributed by atoms with E-state index in [0.29, 0.717) is 17.5 Å². The minimum absolute atomic E-state index is 0.0354. The SMILES string of the molecule is N[C@@H]1CN(C(=O)[C@@H]2C[C@H]2c2ccccc2-c2c(F)cccc2F)CCC1(F)F. The maximum Gasteiger partial charge on any atom is 0.266 e. The number of piperidine rings is 1. The summed E-state index contributed by atoms with van der Waals surface area (Å²) >= 11 is 0. The van der Waals surface area contributed by atoms with Gasteiger partial charge in [-0.3, -0.25) is 4.79 Å². The molecule has 3 atom stereocenters. The van der Waals surface area contributed by atoms with Crippen LogP contribution in [0.2, 0.25) is 0 Å². The first kappa shape index (κ1) is 18.9. The van der Waals surface area contributed by atoms with Gasteiger partial charge < -0.3 is 10.6 Å². The number of rotatable bonds is 3. The second kappa shape index (κ2) is 6.88. The molecule has 2 N–H and O–H groups in total. The van der Waals surface area contributed by atoms with Gasteiger partial charge in [0.2, 0.25) is 5.91 Å². The van der Waals surface area contributed by atoms with Gasteiger partial charge in [-0.15, -0.1) is 0 Å². The lowest BCUT2D eigenvalue weighted by Crippen LogP contribution is -2.56. The lowest BCUT2D eigenvalue weighted by atomic mass is 9.94. The molecule has 7 heteroatoms. The normalized spacial score (nSPS) is 26.2. The van der Waals surface area contributed by atoms with Gasteiger partial charge in [-0.1, -0.05) is 30.3 Å². The third-order valence-electron chi connectivity index (χ3n) is 5.69. The van der Waals surface area contributed by atoms with Crippen molar-refractivity contribution in [1.29, 1.82) is 0 Å². The van der Waals surface area contributed by atoms with Gasteiger partial charge in [-0.2, -0.15) is 0 Å². The van der Waals surface area contributed by atoms with Crippen molar-refractivity contribution < 1.29 is 22.4 Å². The zero-order valence-electron chi connectivity index (χ0n) is 15.0. The standard InChI is InChI=1S/C21H20F4N2O/c22-16-6-3-7-17(23)19(16)13-5-2-1-4-12(13)14-10-15(14)20(28)27-9-8-21(24,25)18(26)11-27/h1-7,14-15,18H,8-11,26H2/t14-,15+,18+/m0/s1. The second-order valence-corrected chi connectivity index (χ2v) is 7.53. The number of benzene rings is 2. The van der Waals surface area contributed by atoms with Crippen LogP contribution in [0.1, 0.15) is 24.3 Å². The number of hydrogen-bond donors (Lipinski definition) is 1.